The second-order valence-electron chi connectivity index (χ2n) is 13.0. The van der Waals surface area contributed by atoms with Crippen molar-refractivity contribution in [2.75, 3.05) is 26.9 Å². The van der Waals surface area contributed by atoms with Crippen molar-refractivity contribution in [3.05, 3.63) is 96.1 Å². The summed E-state index contributed by atoms with van der Waals surface area (Å²) in [5.74, 6) is -4.00. The molecule has 3 amide bonds. The van der Waals surface area contributed by atoms with Crippen LogP contribution < -0.4 is 5.32 Å². The molecule has 2 N–H and O–H groups in total. The molecule has 4 heterocycles. The van der Waals surface area contributed by atoms with Gasteiger partial charge in [-0.3, -0.25) is 19.2 Å². The van der Waals surface area contributed by atoms with Crippen LogP contribution in [0.2, 0.25) is 0 Å². The van der Waals surface area contributed by atoms with Crippen molar-refractivity contribution in [3.63, 3.8) is 0 Å². The molecule has 0 aliphatic carbocycles. The molecule has 4 aliphatic rings. The summed E-state index contributed by atoms with van der Waals surface area (Å²) in [6.07, 6.45) is 5.73. The second kappa shape index (κ2) is 14.0. The quantitative estimate of drug-likeness (QED) is 0.343. The Balaban J connectivity index is 1.49. The third-order valence-corrected chi connectivity index (χ3v) is 9.84. The summed E-state index contributed by atoms with van der Waals surface area (Å²) >= 11 is 0. The number of carbonyl (C=O) groups excluding carboxylic acids is 4. The largest absolute Gasteiger partial charge is 0.455 e. The molecule has 2 fully saturated rings. The number of cyclic esters (lactones) is 1. The predicted molar refractivity (Wildman–Crippen MR) is 175 cm³/mol. The Morgan fingerprint density at radius 1 is 1.00 bits per heavy atom. The molecule has 1 spiro atoms. The number of aliphatic hydroxyl groups excluding tert-OH is 1. The number of fused-ring (bicyclic) bond motifs is 2. The van der Waals surface area contributed by atoms with E-state index in [9.17, 15) is 24.3 Å². The molecule has 4 aliphatic heterocycles. The Labute approximate surface area is 280 Å². The summed E-state index contributed by atoms with van der Waals surface area (Å²) in [7, 11) is 1.51. The van der Waals surface area contributed by atoms with Crippen molar-refractivity contribution in [3.8, 4) is 0 Å². The number of carbonyl (C=O) groups is 4. The molecule has 6 rings (SSSR count). The van der Waals surface area contributed by atoms with Gasteiger partial charge < -0.3 is 34.4 Å². The maximum atomic E-state index is 14.9. The summed E-state index contributed by atoms with van der Waals surface area (Å²) in [5, 5.41) is 13.7. The summed E-state index contributed by atoms with van der Waals surface area (Å²) in [6.45, 7) is 3.72. The molecule has 0 bridgehead atoms. The van der Waals surface area contributed by atoms with E-state index in [0.717, 1.165) is 0 Å². The number of nitrogens with one attached hydrogen (secondary N) is 1. The molecular formula is C37H43N3O8. The fourth-order valence-electron chi connectivity index (χ4n) is 7.68. The molecule has 254 valence electrons. The van der Waals surface area contributed by atoms with Crippen LogP contribution in [0.25, 0.3) is 0 Å². The number of allylic oxidation sites excluding steroid dienone is 1. The Bertz CT molecular complexity index is 1560. The van der Waals surface area contributed by atoms with Gasteiger partial charge in [0.25, 0.3) is 0 Å². The van der Waals surface area contributed by atoms with Gasteiger partial charge in [0.1, 0.15) is 23.7 Å². The lowest BCUT2D eigenvalue weighted by Gasteiger charge is -2.39. The SMILES string of the molecule is COC[C@@H]1NC(=O)CC/C=C\[C@@H]2O[C@@]34C=CCN(C(C)C)C(=O)[C@@H]3N([C@H](CO)c3ccccc3)C(=O)[C@H]4[C@@H]2C(=O)O[C@H]1c1ccccc1. The maximum absolute atomic E-state index is 14.9. The number of ether oxygens (including phenoxy) is 3. The molecule has 2 saturated heterocycles. The van der Waals surface area contributed by atoms with Crippen LogP contribution in [-0.2, 0) is 33.4 Å². The minimum atomic E-state index is -1.53. The van der Waals surface area contributed by atoms with Gasteiger partial charge in [0, 0.05) is 26.1 Å². The maximum Gasteiger partial charge on any atom is 0.313 e. The zero-order chi connectivity index (χ0) is 34.0. The molecule has 8 atom stereocenters. The van der Waals surface area contributed by atoms with Gasteiger partial charge in [-0.2, -0.15) is 0 Å². The minimum Gasteiger partial charge on any atom is -0.455 e. The molecular weight excluding hydrogens is 614 g/mol. The Hall–Kier alpha value is -4.32. The van der Waals surface area contributed by atoms with Gasteiger partial charge in [-0.25, -0.2) is 0 Å². The van der Waals surface area contributed by atoms with Crippen molar-refractivity contribution in [2.45, 2.75) is 68.7 Å². The normalized spacial score (nSPS) is 31.9. The summed E-state index contributed by atoms with van der Waals surface area (Å²) in [6, 6.07) is 15.2. The fraction of sp³-hybridized carbons (Fsp3) is 0.459. The highest BCUT2D eigenvalue weighted by Crippen LogP contribution is 2.55. The fourth-order valence-corrected chi connectivity index (χ4v) is 7.68. The summed E-state index contributed by atoms with van der Waals surface area (Å²) in [4.78, 5) is 60.2. The van der Waals surface area contributed by atoms with E-state index in [1.165, 1.54) is 12.0 Å². The number of rotatable bonds is 7. The minimum absolute atomic E-state index is 0.0682. The number of hydrogen-bond acceptors (Lipinski definition) is 8. The van der Waals surface area contributed by atoms with Gasteiger partial charge in [0.2, 0.25) is 17.7 Å². The van der Waals surface area contributed by atoms with Crippen LogP contribution in [0.5, 0.6) is 0 Å². The van der Waals surface area contributed by atoms with Crippen molar-refractivity contribution in [1.82, 2.24) is 15.1 Å². The standard InChI is InChI=1S/C37H43N3O8/c1-23(2)39-20-12-19-37-31(34(43)40(33(37)35(39)44)27(21-41)24-13-6-4-7-14-24)30-28(48-37)17-10-11-18-29(42)38-26(22-46-3)32(47-36(30)45)25-15-8-5-9-16-25/h4-10,12-17,19,23,26-28,30-33,41H,11,18,20-22H2,1-3H3,(H,38,42)/b17-10-/t26-,27+,28-,30+,31+,32-,33-,37+/m0/s1. The first kappa shape index (κ1) is 33.6. The smallest absolute Gasteiger partial charge is 0.313 e. The monoisotopic (exact) mass is 657 g/mol. The molecule has 0 radical (unpaired) electrons. The third kappa shape index (κ3) is 5.95. The molecule has 48 heavy (non-hydrogen) atoms. The average molecular weight is 658 g/mol. The van der Waals surface area contributed by atoms with Crippen LogP contribution >= 0.6 is 0 Å². The van der Waals surface area contributed by atoms with Gasteiger partial charge in [-0.05, 0) is 31.4 Å². The van der Waals surface area contributed by atoms with E-state index in [-0.39, 0.29) is 30.9 Å². The molecule has 0 saturated carbocycles. The van der Waals surface area contributed by atoms with Gasteiger partial charge >= 0.3 is 5.97 Å². The highest BCUT2D eigenvalue weighted by molar-refractivity contribution is 5.99. The Kier molecular flexibility index (Phi) is 9.82. The first-order valence-corrected chi connectivity index (χ1v) is 16.6. The van der Waals surface area contributed by atoms with Crippen LogP contribution in [0.3, 0.4) is 0 Å². The number of hydrogen-bond donors (Lipinski definition) is 2. The molecule has 0 aromatic heterocycles. The van der Waals surface area contributed by atoms with E-state index < -0.39 is 66.3 Å². The van der Waals surface area contributed by atoms with Crippen molar-refractivity contribution < 1.29 is 38.5 Å². The predicted octanol–water partition coefficient (Wildman–Crippen LogP) is 2.87. The average Bonchev–Trinajstić information content (AvgIpc) is 3.46. The summed E-state index contributed by atoms with van der Waals surface area (Å²) < 4.78 is 18.6. The number of amides is 3. The number of esters is 1. The van der Waals surface area contributed by atoms with Gasteiger partial charge in [0.05, 0.1) is 37.3 Å². The van der Waals surface area contributed by atoms with E-state index in [1.807, 2.05) is 56.3 Å². The van der Waals surface area contributed by atoms with E-state index in [4.69, 9.17) is 14.2 Å². The van der Waals surface area contributed by atoms with Crippen molar-refractivity contribution >= 4 is 23.7 Å². The van der Waals surface area contributed by atoms with Crippen LogP contribution in [0.1, 0.15) is 50.0 Å². The molecule has 11 heteroatoms. The molecule has 11 nitrogen and oxygen atoms in total. The number of benzene rings is 2. The first-order valence-electron chi connectivity index (χ1n) is 16.6. The Morgan fingerprint density at radius 2 is 1.71 bits per heavy atom. The number of methoxy groups -OCH3 is 1. The second-order valence-corrected chi connectivity index (χ2v) is 13.0. The lowest BCUT2D eigenvalue weighted by atomic mass is 9.77. The Morgan fingerprint density at radius 3 is 2.38 bits per heavy atom. The summed E-state index contributed by atoms with van der Waals surface area (Å²) in [5.41, 5.74) is -0.230. The lowest BCUT2D eigenvalue weighted by molar-refractivity contribution is -0.163. The topological polar surface area (TPSA) is 135 Å². The van der Waals surface area contributed by atoms with Crippen molar-refractivity contribution in [1.29, 1.82) is 0 Å². The third-order valence-electron chi connectivity index (χ3n) is 9.84. The first-order chi connectivity index (χ1) is 23.2. The van der Waals surface area contributed by atoms with E-state index in [1.54, 1.807) is 47.4 Å². The number of likely N-dealkylation sites (tertiary alicyclic amines) is 1. The van der Waals surface area contributed by atoms with Crippen LogP contribution in [-0.4, -0.2) is 95.3 Å². The van der Waals surface area contributed by atoms with Crippen LogP contribution in [0, 0.1) is 11.8 Å². The van der Waals surface area contributed by atoms with Crippen molar-refractivity contribution in [2.24, 2.45) is 11.8 Å². The highest BCUT2D eigenvalue weighted by Gasteiger charge is 2.72. The van der Waals surface area contributed by atoms with E-state index in [0.29, 0.717) is 24.1 Å². The molecule has 0 unspecified atom stereocenters. The van der Waals surface area contributed by atoms with Gasteiger partial charge in [-0.1, -0.05) is 85.0 Å². The molecule has 2 aromatic carbocycles. The highest BCUT2D eigenvalue weighted by atomic mass is 16.6. The van der Waals surface area contributed by atoms with Crippen LogP contribution in [0.15, 0.2) is 85.0 Å². The van der Waals surface area contributed by atoms with Gasteiger partial charge in [-0.15, -0.1) is 0 Å². The van der Waals surface area contributed by atoms with E-state index >= 15 is 0 Å². The molecule has 2 aromatic rings. The van der Waals surface area contributed by atoms with E-state index in [2.05, 4.69) is 5.32 Å². The van der Waals surface area contributed by atoms with Crippen LogP contribution in [0.4, 0.5) is 0 Å². The zero-order valence-corrected chi connectivity index (χ0v) is 27.4. The number of nitrogens with zero attached hydrogens (tertiary/aromatic N) is 2. The number of aliphatic hydroxyl groups is 1. The lowest BCUT2D eigenvalue weighted by Crippen LogP contribution is -2.57. The van der Waals surface area contributed by atoms with Gasteiger partial charge in [0.15, 0.2) is 0 Å². The zero-order valence-electron chi connectivity index (χ0n) is 27.4.